The van der Waals surface area contributed by atoms with Crippen molar-refractivity contribution in [2.24, 2.45) is 0 Å². The van der Waals surface area contributed by atoms with E-state index >= 15 is 0 Å². The Morgan fingerprint density at radius 1 is 0.600 bits per heavy atom. The molecule has 1 fully saturated rings. The summed E-state index contributed by atoms with van der Waals surface area (Å²) < 4.78 is 11.4. The van der Waals surface area contributed by atoms with Gasteiger partial charge in [-0.25, -0.2) is 0 Å². The Hall–Kier alpha value is -1.63. The van der Waals surface area contributed by atoms with Crippen molar-refractivity contribution in [2.45, 2.75) is 219 Å². The normalized spacial score (nSPS) is 13.8. The van der Waals surface area contributed by atoms with Gasteiger partial charge in [-0.2, -0.15) is 0 Å². The van der Waals surface area contributed by atoms with E-state index in [2.05, 4.69) is 25.7 Å². The SMILES string of the molecule is CCCCCCCCOC(=O)CCCCCCCN(CCCCCCCC(=O)OC(CCCCC)CCCCCC)CCCN1CCCC1=O. The summed E-state index contributed by atoms with van der Waals surface area (Å²) in [6.45, 7) is 12.4. The Labute approximate surface area is 309 Å². The first-order valence-electron chi connectivity index (χ1n) is 21.8. The number of ether oxygens (including phenoxy) is 2. The lowest BCUT2D eigenvalue weighted by Crippen LogP contribution is -2.32. The van der Waals surface area contributed by atoms with Crippen molar-refractivity contribution in [3.05, 3.63) is 0 Å². The van der Waals surface area contributed by atoms with Crippen LogP contribution in [0.25, 0.3) is 0 Å². The van der Waals surface area contributed by atoms with E-state index in [1.807, 2.05) is 4.90 Å². The van der Waals surface area contributed by atoms with Crippen LogP contribution in [0.5, 0.6) is 0 Å². The maximum absolute atomic E-state index is 12.6. The number of rotatable bonds is 37. The van der Waals surface area contributed by atoms with E-state index in [1.165, 1.54) is 103 Å². The fourth-order valence-corrected chi connectivity index (χ4v) is 7.10. The molecule has 0 aromatic rings. The standard InChI is InChI=1S/C43H82N2O5/c1-4-7-10-12-19-26-39-49-42(47)32-22-15-13-17-24-34-44(36-28-38-45-37-27-31-41(45)46)35-25-18-14-16-23-33-43(48)50-40(29-20-9-6-3)30-21-11-8-5-2/h40H,4-39H2,1-3H3. The quantitative estimate of drug-likeness (QED) is 0.0473. The molecule has 0 saturated carbocycles. The smallest absolute Gasteiger partial charge is 0.306 e. The van der Waals surface area contributed by atoms with Gasteiger partial charge in [0, 0.05) is 32.4 Å². The Kier molecular flexibility index (Phi) is 32.0. The molecule has 1 aliphatic heterocycles. The first kappa shape index (κ1) is 46.4. The lowest BCUT2D eigenvalue weighted by atomic mass is 10.0. The molecule has 0 spiro atoms. The molecule has 0 aromatic carbocycles. The van der Waals surface area contributed by atoms with Crippen LogP contribution in [-0.2, 0) is 23.9 Å². The second-order valence-electron chi connectivity index (χ2n) is 15.2. The maximum atomic E-state index is 12.6. The molecule has 0 bridgehead atoms. The zero-order chi connectivity index (χ0) is 36.3. The largest absolute Gasteiger partial charge is 0.466 e. The molecule has 1 amide bonds. The third kappa shape index (κ3) is 28.0. The molecule has 1 saturated heterocycles. The molecular weight excluding hydrogens is 624 g/mol. The molecule has 0 aliphatic carbocycles. The van der Waals surface area contributed by atoms with E-state index in [-0.39, 0.29) is 18.0 Å². The number of likely N-dealkylation sites (tertiary alicyclic amines) is 1. The summed E-state index contributed by atoms with van der Waals surface area (Å²) in [5, 5.41) is 0. The van der Waals surface area contributed by atoms with Gasteiger partial charge >= 0.3 is 11.9 Å². The average Bonchev–Trinajstić information content (AvgIpc) is 3.52. The molecule has 1 heterocycles. The van der Waals surface area contributed by atoms with Gasteiger partial charge in [0.05, 0.1) is 6.61 Å². The van der Waals surface area contributed by atoms with Crippen molar-refractivity contribution in [3.8, 4) is 0 Å². The Morgan fingerprint density at radius 3 is 1.68 bits per heavy atom. The molecule has 1 atom stereocenters. The summed E-state index contributed by atoms with van der Waals surface area (Å²) in [6, 6.07) is 0. The molecule has 1 unspecified atom stereocenters. The molecule has 0 N–H and O–H groups in total. The van der Waals surface area contributed by atoms with E-state index in [1.54, 1.807) is 0 Å². The minimum absolute atomic E-state index is 0.00748. The van der Waals surface area contributed by atoms with Gasteiger partial charge in [-0.15, -0.1) is 0 Å². The van der Waals surface area contributed by atoms with Crippen LogP contribution in [0.3, 0.4) is 0 Å². The number of esters is 2. The van der Waals surface area contributed by atoms with Gasteiger partial charge in [0.25, 0.3) is 0 Å². The third-order valence-electron chi connectivity index (χ3n) is 10.4. The van der Waals surface area contributed by atoms with Gasteiger partial charge in [0.15, 0.2) is 0 Å². The zero-order valence-electron chi connectivity index (χ0n) is 33.5. The van der Waals surface area contributed by atoms with Crippen LogP contribution in [0.1, 0.15) is 213 Å². The number of carbonyl (C=O) groups is 3. The first-order valence-corrected chi connectivity index (χ1v) is 21.8. The van der Waals surface area contributed by atoms with Gasteiger partial charge in [0.1, 0.15) is 6.10 Å². The fraction of sp³-hybridized carbons (Fsp3) is 0.930. The van der Waals surface area contributed by atoms with Crippen molar-refractivity contribution in [2.75, 3.05) is 39.3 Å². The number of carbonyl (C=O) groups excluding carboxylic acids is 3. The van der Waals surface area contributed by atoms with E-state index < -0.39 is 0 Å². The van der Waals surface area contributed by atoms with Gasteiger partial charge in [0.2, 0.25) is 5.91 Å². The average molecular weight is 707 g/mol. The van der Waals surface area contributed by atoms with E-state index in [0.717, 1.165) is 110 Å². The van der Waals surface area contributed by atoms with Crippen molar-refractivity contribution >= 4 is 17.8 Å². The van der Waals surface area contributed by atoms with Crippen LogP contribution in [0.2, 0.25) is 0 Å². The van der Waals surface area contributed by atoms with Crippen LogP contribution < -0.4 is 0 Å². The Balaban J connectivity index is 2.23. The highest BCUT2D eigenvalue weighted by molar-refractivity contribution is 5.78. The molecular formula is C43H82N2O5. The fourth-order valence-electron chi connectivity index (χ4n) is 7.10. The number of amides is 1. The van der Waals surface area contributed by atoms with E-state index in [4.69, 9.17) is 9.47 Å². The van der Waals surface area contributed by atoms with E-state index in [0.29, 0.717) is 25.4 Å². The van der Waals surface area contributed by atoms with Crippen molar-refractivity contribution in [3.63, 3.8) is 0 Å². The van der Waals surface area contributed by atoms with Gasteiger partial charge in [-0.1, -0.05) is 124 Å². The molecule has 7 nitrogen and oxygen atoms in total. The molecule has 294 valence electrons. The van der Waals surface area contributed by atoms with Gasteiger partial charge in [-0.3, -0.25) is 14.4 Å². The second-order valence-corrected chi connectivity index (χ2v) is 15.2. The first-order chi connectivity index (χ1) is 24.5. The van der Waals surface area contributed by atoms with E-state index in [9.17, 15) is 14.4 Å². The predicted molar refractivity (Wildman–Crippen MR) is 209 cm³/mol. The lowest BCUT2D eigenvalue weighted by molar-refractivity contribution is -0.150. The molecule has 7 heteroatoms. The van der Waals surface area contributed by atoms with Crippen LogP contribution >= 0.6 is 0 Å². The van der Waals surface area contributed by atoms with Crippen LogP contribution in [0, 0.1) is 0 Å². The predicted octanol–water partition coefficient (Wildman–Crippen LogP) is 11.3. The molecule has 1 aliphatic rings. The van der Waals surface area contributed by atoms with Crippen molar-refractivity contribution in [1.82, 2.24) is 9.80 Å². The number of hydrogen-bond acceptors (Lipinski definition) is 6. The molecule has 0 aromatic heterocycles. The Morgan fingerprint density at radius 2 is 1.08 bits per heavy atom. The van der Waals surface area contributed by atoms with Crippen molar-refractivity contribution < 1.29 is 23.9 Å². The monoisotopic (exact) mass is 707 g/mol. The molecule has 50 heavy (non-hydrogen) atoms. The van der Waals surface area contributed by atoms with Crippen LogP contribution in [-0.4, -0.2) is 73.1 Å². The summed E-state index contributed by atoms with van der Waals surface area (Å²) in [4.78, 5) is 41.3. The summed E-state index contributed by atoms with van der Waals surface area (Å²) in [5.74, 6) is 0.305. The summed E-state index contributed by atoms with van der Waals surface area (Å²) in [5.41, 5.74) is 0. The molecule has 1 rings (SSSR count). The number of hydrogen-bond donors (Lipinski definition) is 0. The minimum Gasteiger partial charge on any atom is -0.466 e. The lowest BCUT2D eigenvalue weighted by Gasteiger charge is -2.24. The van der Waals surface area contributed by atoms with Crippen LogP contribution in [0.4, 0.5) is 0 Å². The highest BCUT2D eigenvalue weighted by atomic mass is 16.5. The third-order valence-corrected chi connectivity index (χ3v) is 10.4. The summed E-state index contributed by atoms with van der Waals surface area (Å²) >= 11 is 0. The van der Waals surface area contributed by atoms with Gasteiger partial charge in [-0.05, 0) is 90.3 Å². The summed E-state index contributed by atoms with van der Waals surface area (Å²) in [7, 11) is 0. The highest BCUT2D eigenvalue weighted by Gasteiger charge is 2.19. The highest BCUT2D eigenvalue weighted by Crippen LogP contribution is 2.17. The summed E-state index contributed by atoms with van der Waals surface area (Å²) in [6.07, 6.45) is 33.0. The van der Waals surface area contributed by atoms with Crippen LogP contribution in [0.15, 0.2) is 0 Å². The van der Waals surface area contributed by atoms with Crippen molar-refractivity contribution in [1.29, 1.82) is 0 Å². The topological polar surface area (TPSA) is 76.2 Å². The molecule has 0 radical (unpaired) electrons. The number of unbranched alkanes of at least 4 members (excludes halogenated alkanes) is 18. The second kappa shape index (κ2) is 34.5. The number of nitrogens with zero attached hydrogens (tertiary/aromatic N) is 2. The minimum atomic E-state index is -0.0271. The maximum Gasteiger partial charge on any atom is 0.306 e. The van der Waals surface area contributed by atoms with Gasteiger partial charge < -0.3 is 19.3 Å². The Bertz CT molecular complexity index is 806. The zero-order valence-corrected chi connectivity index (χ0v) is 33.5.